The average Bonchev–Trinajstić information content (AvgIpc) is 2.79. The quantitative estimate of drug-likeness (QED) is 0.718. The fourth-order valence-corrected chi connectivity index (χ4v) is 1.57. The predicted molar refractivity (Wildman–Crippen MR) is 63.5 cm³/mol. The molecule has 3 heteroatoms. The van der Waals surface area contributed by atoms with E-state index in [1.807, 2.05) is 30.7 Å². The lowest BCUT2D eigenvalue weighted by Crippen LogP contribution is -2.03. The summed E-state index contributed by atoms with van der Waals surface area (Å²) in [6.07, 6.45) is 6.58. The van der Waals surface area contributed by atoms with Gasteiger partial charge in [-0.15, -0.1) is 0 Å². The first kappa shape index (κ1) is 10.7. The molecule has 0 bridgehead atoms. The first-order chi connectivity index (χ1) is 7.86. The van der Waals surface area contributed by atoms with Crippen molar-refractivity contribution in [1.82, 2.24) is 9.55 Å². The molecule has 84 valence electrons. The average molecular weight is 216 g/mol. The zero-order valence-corrected chi connectivity index (χ0v) is 9.47. The van der Waals surface area contributed by atoms with Crippen LogP contribution in [0, 0.1) is 6.92 Å². The second-order valence-corrected chi connectivity index (χ2v) is 3.77. The second kappa shape index (κ2) is 5.35. The largest absolute Gasteiger partial charge is 0.493 e. The van der Waals surface area contributed by atoms with E-state index in [-0.39, 0.29) is 0 Å². The number of aryl methyl sites for hydroxylation is 2. The summed E-state index contributed by atoms with van der Waals surface area (Å²) in [5.74, 6) is 0.980. The molecule has 1 aromatic heterocycles. The molecule has 0 atom stereocenters. The maximum absolute atomic E-state index is 5.70. The van der Waals surface area contributed by atoms with Crippen molar-refractivity contribution < 1.29 is 4.74 Å². The standard InChI is InChI=1S/C13H16N2O/c1-12-5-2-3-6-13(12)16-10-4-8-15-9-7-14-11-15/h2-3,5-7,9,11H,4,8,10H2,1H3. The molecule has 0 aliphatic rings. The van der Waals surface area contributed by atoms with E-state index in [9.17, 15) is 0 Å². The summed E-state index contributed by atoms with van der Waals surface area (Å²) in [4.78, 5) is 4.00. The van der Waals surface area contributed by atoms with E-state index in [1.54, 1.807) is 6.20 Å². The normalized spacial score (nSPS) is 10.3. The molecule has 2 aromatic rings. The van der Waals surface area contributed by atoms with Crippen molar-refractivity contribution in [3.63, 3.8) is 0 Å². The van der Waals surface area contributed by atoms with Crippen LogP contribution in [0.15, 0.2) is 43.0 Å². The van der Waals surface area contributed by atoms with Crippen LogP contribution in [-0.2, 0) is 6.54 Å². The molecule has 0 N–H and O–H groups in total. The van der Waals surface area contributed by atoms with Gasteiger partial charge in [-0.05, 0) is 25.0 Å². The minimum Gasteiger partial charge on any atom is -0.493 e. The number of nitrogens with zero attached hydrogens (tertiary/aromatic N) is 2. The summed E-state index contributed by atoms with van der Waals surface area (Å²) < 4.78 is 7.76. The fourth-order valence-electron chi connectivity index (χ4n) is 1.57. The molecular weight excluding hydrogens is 200 g/mol. The highest BCUT2D eigenvalue weighted by molar-refractivity contribution is 5.31. The van der Waals surface area contributed by atoms with Gasteiger partial charge in [-0.3, -0.25) is 0 Å². The van der Waals surface area contributed by atoms with E-state index in [0.717, 1.165) is 25.3 Å². The summed E-state index contributed by atoms with van der Waals surface area (Å²) in [6, 6.07) is 8.09. The molecule has 0 fully saturated rings. The van der Waals surface area contributed by atoms with Crippen molar-refractivity contribution in [2.24, 2.45) is 0 Å². The summed E-state index contributed by atoms with van der Waals surface area (Å²) in [7, 11) is 0. The maximum Gasteiger partial charge on any atom is 0.122 e. The molecule has 0 amide bonds. The summed E-state index contributed by atoms with van der Waals surface area (Å²) >= 11 is 0. The van der Waals surface area contributed by atoms with E-state index in [0.29, 0.717) is 0 Å². The maximum atomic E-state index is 5.70. The molecule has 0 radical (unpaired) electrons. The van der Waals surface area contributed by atoms with Crippen LogP contribution >= 0.6 is 0 Å². The Kier molecular flexibility index (Phi) is 3.59. The Morgan fingerprint density at radius 3 is 2.94 bits per heavy atom. The van der Waals surface area contributed by atoms with Gasteiger partial charge in [0.1, 0.15) is 5.75 Å². The van der Waals surface area contributed by atoms with Crippen molar-refractivity contribution in [3.8, 4) is 5.75 Å². The van der Waals surface area contributed by atoms with Gasteiger partial charge in [0.15, 0.2) is 0 Å². The van der Waals surface area contributed by atoms with Crippen LogP contribution < -0.4 is 4.74 Å². The number of imidazole rings is 1. The lowest BCUT2D eigenvalue weighted by atomic mass is 10.2. The highest BCUT2D eigenvalue weighted by Crippen LogP contribution is 2.16. The smallest absolute Gasteiger partial charge is 0.122 e. The van der Waals surface area contributed by atoms with Crippen molar-refractivity contribution in [3.05, 3.63) is 48.5 Å². The van der Waals surface area contributed by atoms with Crippen molar-refractivity contribution in [1.29, 1.82) is 0 Å². The zero-order chi connectivity index (χ0) is 11.2. The number of hydrogen-bond acceptors (Lipinski definition) is 2. The third kappa shape index (κ3) is 2.86. The number of aromatic nitrogens is 2. The molecule has 1 heterocycles. The summed E-state index contributed by atoms with van der Waals surface area (Å²) in [5, 5.41) is 0. The first-order valence-corrected chi connectivity index (χ1v) is 5.50. The van der Waals surface area contributed by atoms with Gasteiger partial charge in [0, 0.05) is 18.9 Å². The Labute approximate surface area is 95.7 Å². The van der Waals surface area contributed by atoms with E-state index < -0.39 is 0 Å². The SMILES string of the molecule is Cc1ccccc1OCCCn1ccnc1. The number of hydrogen-bond donors (Lipinski definition) is 0. The van der Waals surface area contributed by atoms with Crippen molar-refractivity contribution >= 4 is 0 Å². The Bertz CT molecular complexity index is 423. The molecule has 2 rings (SSSR count). The topological polar surface area (TPSA) is 27.1 Å². The van der Waals surface area contributed by atoms with Crippen LogP contribution in [0.4, 0.5) is 0 Å². The predicted octanol–water partition coefficient (Wildman–Crippen LogP) is 2.66. The third-order valence-electron chi connectivity index (χ3n) is 2.47. The Morgan fingerprint density at radius 2 is 2.19 bits per heavy atom. The van der Waals surface area contributed by atoms with Crippen LogP contribution in [0.2, 0.25) is 0 Å². The van der Waals surface area contributed by atoms with E-state index in [4.69, 9.17) is 4.74 Å². The van der Waals surface area contributed by atoms with Crippen LogP contribution in [0.3, 0.4) is 0 Å². The van der Waals surface area contributed by atoms with Crippen LogP contribution in [-0.4, -0.2) is 16.2 Å². The Balaban J connectivity index is 1.74. The summed E-state index contributed by atoms with van der Waals surface area (Å²) in [5.41, 5.74) is 1.19. The molecule has 0 spiro atoms. The van der Waals surface area contributed by atoms with E-state index in [1.165, 1.54) is 5.56 Å². The number of ether oxygens (including phenoxy) is 1. The Morgan fingerprint density at radius 1 is 1.31 bits per heavy atom. The van der Waals surface area contributed by atoms with Gasteiger partial charge >= 0.3 is 0 Å². The molecule has 16 heavy (non-hydrogen) atoms. The molecule has 0 aliphatic heterocycles. The van der Waals surface area contributed by atoms with Gasteiger partial charge in [-0.25, -0.2) is 4.98 Å². The number of rotatable bonds is 5. The highest BCUT2D eigenvalue weighted by atomic mass is 16.5. The molecule has 0 saturated heterocycles. The van der Waals surface area contributed by atoms with Crippen LogP contribution in [0.25, 0.3) is 0 Å². The number of para-hydroxylation sites is 1. The van der Waals surface area contributed by atoms with Crippen molar-refractivity contribution in [2.45, 2.75) is 19.9 Å². The molecule has 0 aliphatic carbocycles. The van der Waals surface area contributed by atoms with Gasteiger partial charge in [0.05, 0.1) is 12.9 Å². The second-order valence-electron chi connectivity index (χ2n) is 3.77. The third-order valence-corrected chi connectivity index (χ3v) is 2.47. The van der Waals surface area contributed by atoms with E-state index in [2.05, 4.69) is 22.5 Å². The molecule has 0 saturated carbocycles. The van der Waals surface area contributed by atoms with Gasteiger partial charge in [0.25, 0.3) is 0 Å². The van der Waals surface area contributed by atoms with Gasteiger partial charge in [0.2, 0.25) is 0 Å². The Hall–Kier alpha value is -1.77. The number of benzene rings is 1. The van der Waals surface area contributed by atoms with Gasteiger partial charge in [-0.2, -0.15) is 0 Å². The molecule has 0 unspecified atom stereocenters. The minimum atomic E-state index is 0.739. The van der Waals surface area contributed by atoms with Crippen LogP contribution in [0.1, 0.15) is 12.0 Å². The molecule has 3 nitrogen and oxygen atoms in total. The fraction of sp³-hybridized carbons (Fsp3) is 0.308. The lowest BCUT2D eigenvalue weighted by Gasteiger charge is -2.08. The highest BCUT2D eigenvalue weighted by Gasteiger charge is 1.97. The van der Waals surface area contributed by atoms with Gasteiger partial charge < -0.3 is 9.30 Å². The minimum absolute atomic E-state index is 0.739. The van der Waals surface area contributed by atoms with Crippen LogP contribution in [0.5, 0.6) is 5.75 Å². The first-order valence-electron chi connectivity index (χ1n) is 5.50. The van der Waals surface area contributed by atoms with Gasteiger partial charge in [-0.1, -0.05) is 18.2 Å². The monoisotopic (exact) mass is 216 g/mol. The zero-order valence-electron chi connectivity index (χ0n) is 9.47. The molecular formula is C13H16N2O. The summed E-state index contributed by atoms with van der Waals surface area (Å²) in [6.45, 7) is 3.75. The molecule has 1 aromatic carbocycles. The van der Waals surface area contributed by atoms with E-state index >= 15 is 0 Å². The lowest BCUT2D eigenvalue weighted by molar-refractivity contribution is 0.300. The van der Waals surface area contributed by atoms with Crippen molar-refractivity contribution in [2.75, 3.05) is 6.61 Å².